The molecule has 13 heteroatoms. The first-order chi connectivity index (χ1) is 63.4. The molecule has 0 aromatic rings. The molecule has 138 heavy (non-hydrogen) atoms. The van der Waals surface area contributed by atoms with Gasteiger partial charge in [-0.25, -0.2) is 9.59 Å². The Morgan fingerprint density at radius 3 is 0.993 bits per heavy atom. The predicted octanol–water partition coefficient (Wildman–Crippen LogP) is 27.1. The summed E-state index contributed by atoms with van der Waals surface area (Å²) in [6.07, 6.45) is 63.7. The van der Waals surface area contributed by atoms with Crippen molar-refractivity contribution in [3.05, 3.63) is 93.2 Å². The zero-order valence-corrected chi connectivity index (χ0v) is 93.1. The van der Waals surface area contributed by atoms with Gasteiger partial charge in [-0.1, -0.05) is 243 Å². The van der Waals surface area contributed by atoms with Gasteiger partial charge in [0.25, 0.3) is 0 Å². The molecule has 0 aromatic carbocycles. The average Bonchev–Trinajstić information content (AvgIpc) is 1.64. The van der Waals surface area contributed by atoms with Crippen molar-refractivity contribution in [2.45, 2.75) is 444 Å². The van der Waals surface area contributed by atoms with Crippen molar-refractivity contribution in [1.29, 1.82) is 0 Å². The third kappa shape index (κ3) is 19.4. The first-order valence-electron chi connectivity index (χ1n) is 56.2. The minimum absolute atomic E-state index is 0. The number of methoxy groups -OCH3 is 1. The number of Topliss-reactive ketones (excluding diaryl/α,β-unsaturated/α-hetero) is 3. The second-order valence-electron chi connectivity index (χ2n) is 55.0. The summed E-state index contributed by atoms with van der Waals surface area (Å²) in [5, 5.41) is 29.3. The summed E-state index contributed by atoms with van der Waals surface area (Å²) in [4.78, 5) is 72.2. The monoisotopic (exact) mass is 1910 g/mol. The molecule has 0 aromatic heterocycles. The number of fused-ring (bicyclic) bond motifs is 20. The number of rotatable bonds is 20. The number of allylic oxidation sites excluding steroid dienone is 13. The molecule has 1 aliphatic heterocycles. The fourth-order valence-corrected chi connectivity index (χ4v) is 38.1. The first-order valence-corrected chi connectivity index (χ1v) is 56.2. The van der Waals surface area contributed by atoms with Gasteiger partial charge >= 0.3 is 30.8 Å². The van der Waals surface area contributed by atoms with E-state index < -0.39 is 5.97 Å². The van der Waals surface area contributed by atoms with Gasteiger partial charge in [0, 0.05) is 59.9 Å². The largest absolute Gasteiger partial charge is 1.00 e. The zero-order chi connectivity index (χ0) is 100. The molecule has 17 aliphatic rings. The van der Waals surface area contributed by atoms with E-state index in [1.165, 1.54) is 142 Å². The number of carboxylic acid groups (broad SMARTS) is 1. The van der Waals surface area contributed by atoms with Crippen LogP contribution in [0.4, 0.5) is 0 Å². The second-order valence-corrected chi connectivity index (χ2v) is 55.0. The molecule has 13 unspecified atom stereocenters. The van der Waals surface area contributed by atoms with Crippen molar-refractivity contribution in [3.8, 4) is 0 Å². The van der Waals surface area contributed by atoms with Crippen LogP contribution < -0.4 is 18.9 Å². The van der Waals surface area contributed by atoms with E-state index in [4.69, 9.17) is 14.6 Å². The fraction of sp³-hybridized carbons (Fsp3) is 0.824. The number of ketones is 3. The van der Waals surface area contributed by atoms with Crippen LogP contribution in [0.2, 0.25) is 0 Å². The van der Waals surface area contributed by atoms with Crippen molar-refractivity contribution < 1.29 is 73.8 Å². The fourth-order valence-electron chi connectivity index (χ4n) is 38.1. The minimum atomic E-state index is -0.801. The molecule has 11 nitrogen and oxygen atoms in total. The molecule has 0 amide bonds. The summed E-state index contributed by atoms with van der Waals surface area (Å²) >= 11 is 0. The van der Waals surface area contributed by atoms with E-state index in [1.807, 2.05) is 32.4 Å². The van der Waals surface area contributed by atoms with Gasteiger partial charge in [-0.05, 0) is 423 Å². The molecular weight excluding hydrogens is 1710 g/mol. The number of carboxylic acids is 1. The summed E-state index contributed by atoms with van der Waals surface area (Å²) in [7, 11) is 1.45. The molecule has 0 spiro atoms. The van der Waals surface area contributed by atoms with Crippen LogP contribution in [0.25, 0.3) is 0 Å². The third-order valence-corrected chi connectivity index (χ3v) is 48.0. The summed E-state index contributed by atoms with van der Waals surface area (Å²) in [6.45, 7) is 68.4. The third-order valence-electron chi connectivity index (χ3n) is 48.0. The Hall–Kier alpha value is -3.45. The van der Waals surface area contributed by atoms with Crippen molar-refractivity contribution in [3.63, 3.8) is 0 Å². The Bertz CT molecular complexity index is 4670. The zero-order valence-electron chi connectivity index (χ0n) is 94.1. The number of carbonyl (C=O) groups excluding carboxylic acids is 5. The van der Waals surface area contributed by atoms with E-state index in [0.29, 0.717) is 132 Å². The van der Waals surface area contributed by atoms with Crippen LogP contribution in [0.15, 0.2) is 93.2 Å². The normalized spacial score (nSPS) is 42.7. The molecule has 12 saturated carbocycles. The van der Waals surface area contributed by atoms with Gasteiger partial charge in [0.2, 0.25) is 0 Å². The second kappa shape index (κ2) is 42.7. The number of hydrogen-bond donors (Lipinski definition) is 3. The van der Waals surface area contributed by atoms with Crippen molar-refractivity contribution in [2.75, 3.05) is 26.9 Å². The molecule has 13 fully saturated rings. The Morgan fingerprint density at radius 1 is 0.420 bits per heavy atom. The van der Waals surface area contributed by atoms with Crippen LogP contribution in [0.3, 0.4) is 0 Å². The Kier molecular flexibility index (Phi) is 35.5. The number of esters is 1. The maximum absolute atomic E-state index is 12.8. The molecule has 1 saturated heterocycles. The molecule has 0 radical (unpaired) electrons. The van der Waals surface area contributed by atoms with Crippen molar-refractivity contribution >= 4 is 52.9 Å². The topological polar surface area (TPSA) is 182 Å². The smallest absolute Gasteiger partial charge is 1.00 e. The Morgan fingerprint density at radius 2 is 0.710 bits per heavy atom. The summed E-state index contributed by atoms with van der Waals surface area (Å²) in [6, 6.07) is 0. The van der Waals surface area contributed by atoms with Crippen LogP contribution in [-0.2, 0) is 38.2 Å². The van der Waals surface area contributed by atoms with Gasteiger partial charge < -0.3 is 26.2 Å². The quantitative estimate of drug-likeness (QED) is 0.0347. The van der Waals surface area contributed by atoms with Gasteiger partial charge in [-0.2, -0.15) is 0 Å². The predicted molar refractivity (Wildman–Crippen MR) is 569 cm³/mol. The number of hydrogen-bond acceptors (Lipinski definition) is 10. The summed E-state index contributed by atoms with van der Waals surface area (Å²) < 4.78 is 9.80. The Labute approximate surface area is 866 Å². The van der Waals surface area contributed by atoms with E-state index in [2.05, 4.69) is 209 Å². The molecule has 16 aliphatic carbocycles. The number of ether oxygens (including phenoxy) is 2. The van der Waals surface area contributed by atoms with Crippen LogP contribution in [-0.4, -0.2) is 101 Å². The van der Waals surface area contributed by atoms with Gasteiger partial charge in [0.15, 0.2) is 17.4 Å². The van der Waals surface area contributed by atoms with Gasteiger partial charge in [-0.15, -0.1) is 0 Å². The Balaban J connectivity index is 0.000000186. The van der Waals surface area contributed by atoms with Crippen LogP contribution in [0.5, 0.6) is 0 Å². The molecule has 29 atom stereocenters. The molecule has 0 bridgehead atoms. The summed E-state index contributed by atoms with van der Waals surface area (Å²) in [5.74, 6) is 10.7. The number of aliphatic carboxylic acids is 1. The van der Waals surface area contributed by atoms with Crippen molar-refractivity contribution in [1.82, 2.24) is 0 Å². The maximum atomic E-state index is 12.8. The van der Waals surface area contributed by atoms with E-state index in [1.54, 1.807) is 23.6 Å². The average molecular weight is 1910 g/mol. The van der Waals surface area contributed by atoms with E-state index in [9.17, 15) is 39.0 Å². The van der Waals surface area contributed by atoms with Gasteiger partial charge in [-0.3, -0.25) is 19.2 Å². The van der Waals surface area contributed by atoms with Crippen LogP contribution >= 0.6 is 0 Å². The van der Waals surface area contributed by atoms with Crippen LogP contribution in [0.1, 0.15) is 439 Å². The standard InChI is InChI=1S/C31H48O3.C30H46O3.C30H50O2.C30H46O2.C4H8O.Al.Li.4H/c1-20(10-9-11-21(2)27(33)34-8)22-14-18-31(7)24-12-13-25-28(3,4)26(32)16-17-29(25,5)23(24)15-19-30(22,31)6;1-19(9-8-10-20(2)26(32)33)21-13-17-30(7)23-11-12-24-27(3,4)25(31)15-16-28(24,5)22(23)14-18-29(21,30)6;2*1-20(19-31)9-8-10-21(2)22-13-17-30(7)24-11-12-25-27(3,4)26(32)15-16-28(25,5)23(24)14-18-29(22,30)6;1-2-4-5-3-1;;;;;;/h11-12,20,22-23,25H,9-10,13-19H2,1-8H3;10-11,19,21-22,24H,8-9,12-18H2,1-7H3,(H,32,33);9,11,21-23,25-26,31-32H,8,10,12-19H2,1-7H3;9,11,19,21-23,25H,8,10,12-18H2,1-7H3;1-4H2;;;;;;/q;;;;;;+1;;;;-1/b21-11-;20-10-;2*20-9-;;;;;;;/t20?,22-,23?,25?,29+,30-,31+;19?,21-,22?,24?,28+,29-,30+;21?,22-,23?,25?,26?,28+,29-,30+;21?,22-,23?,25?,28+,29-,30+;;;;;;;/m0000......./s1. The van der Waals surface area contributed by atoms with Gasteiger partial charge in [0.1, 0.15) is 23.6 Å². The van der Waals surface area contributed by atoms with Gasteiger partial charge in [0.05, 0.1) is 19.8 Å². The van der Waals surface area contributed by atoms with E-state index in [-0.39, 0.29) is 105 Å². The number of aliphatic hydroxyl groups is 2. The number of aldehydes is 1. The summed E-state index contributed by atoms with van der Waals surface area (Å²) in [5.41, 5.74) is 13.3. The number of aliphatic hydroxyl groups excluding tert-OH is 2. The molecule has 3 N–H and O–H groups in total. The minimum Gasteiger partial charge on any atom is -1.00 e. The van der Waals surface area contributed by atoms with E-state index >= 15 is 0 Å². The molecule has 772 valence electrons. The SMILES string of the molecule is C/C(=C/CCC(C)[C@@H]1CC[C@]2(C)C3=CCC4C(C)(C)C(=O)CC[C@]4(C)C3CC[C@@]12C)C(=O)O.C/C(=C/CCC(C)[C@@H]1CC[C@]2(C)C3=CCC4C(C)(C)C(O)CC[C@]4(C)C3CC[C@@]12C)CO.C/C(C=O)=C/CCC(C)[C@@H]1CC[C@]2(C)C3=CCC4C(C)(C)C(=O)CC[C@]4(C)C3CC[C@@]12C.C1CCOC1.COC(=O)/C(C)=C\CCC(C)[C@@H]1CC[C@]2(C)C3=CCC4C(C)(C)C(=O)CC[C@]4(C)C3CC[C@@]12C.[AlH3].[H-].[Li+]. The van der Waals surface area contributed by atoms with Crippen molar-refractivity contribution in [2.24, 2.45) is 181 Å². The maximum Gasteiger partial charge on any atom is 1.00 e. The van der Waals surface area contributed by atoms with E-state index in [0.717, 1.165) is 169 Å². The first kappa shape index (κ1) is 115. The van der Waals surface area contributed by atoms with Crippen LogP contribution in [0, 0.1) is 181 Å². The molecule has 1 heterocycles. The number of carbonyl (C=O) groups is 6. The molecule has 17 rings (SSSR count). The molecular formula is C125H202AlLiO11.